The van der Waals surface area contributed by atoms with Crippen LogP contribution in [0, 0.1) is 0 Å². The highest BCUT2D eigenvalue weighted by atomic mass is 16.3. The van der Waals surface area contributed by atoms with E-state index in [1.54, 1.807) is 24.5 Å². The zero-order valence-corrected chi connectivity index (χ0v) is 9.04. The molecule has 0 aliphatic rings. The second-order valence-corrected chi connectivity index (χ2v) is 3.75. The molecule has 0 bridgehead atoms. The van der Waals surface area contributed by atoms with Crippen molar-refractivity contribution in [2.24, 2.45) is 0 Å². The Morgan fingerprint density at radius 3 is 2.53 bits per heavy atom. The van der Waals surface area contributed by atoms with Gasteiger partial charge in [-0.25, -0.2) is 0 Å². The number of benzene rings is 1. The normalized spacial score (nSPS) is 10.6. The van der Waals surface area contributed by atoms with Crippen molar-refractivity contribution in [3.63, 3.8) is 0 Å². The average Bonchev–Trinajstić information content (AvgIpc) is 2.39. The molecule has 0 saturated carbocycles. The first-order chi connectivity index (χ1) is 8.36. The van der Waals surface area contributed by atoms with Crippen molar-refractivity contribution in [2.75, 3.05) is 0 Å². The smallest absolute Gasteiger partial charge is 0.123 e. The minimum Gasteiger partial charge on any atom is -0.507 e. The van der Waals surface area contributed by atoms with Gasteiger partial charge in [-0.1, -0.05) is 18.2 Å². The molecule has 0 saturated heterocycles. The van der Waals surface area contributed by atoms with Gasteiger partial charge >= 0.3 is 0 Å². The predicted molar refractivity (Wildman–Crippen MR) is 66.6 cm³/mol. The van der Waals surface area contributed by atoms with Crippen LogP contribution in [0.4, 0.5) is 0 Å². The van der Waals surface area contributed by atoms with Gasteiger partial charge in [0.15, 0.2) is 0 Å². The molecule has 17 heavy (non-hydrogen) atoms. The van der Waals surface area contributed by atoms with Crippen LogP contribution < -0.4 is 0 Å². The van der Waals surface area contributed by atoms with Crippen molar-refractivity contribution in [3.8, 4) is 16.9 Å². The number of nitrogens with zero attached hydrogens (tertiary/aromatic N) is 2. The molecule has 0 spiro atoms. The van der Waals surface area contributed by atoms with Crippen LogP contribution in [0.5, 0.6) is 5.75 Å². The molecule has 0 atom stereocenters. The highest BCUT2D eigenvalue weighted by molar-refractivity contribution is 5.92. The van der Waals surface area contributed by atoms with Gasteiger partial charge in [-0.2, -0.15) is 0 Å². The zero-order valence-electron chi connectivity index (χ0n) is 9.04. The minimum atomic E-state index is 0.255. The molecule has 3 aromatic rings. The summed E-state index contributed by atoms with van der Waals surface area (Å²) < 4.78 is 0. The Bertz CT molecular complexity index is 674. The van der Waals surface area contributed by atoms with Crippen molar-refractivity contribution >= 4 is 11.0 Å². The molecule has 2 aromatic heterocycles. The third-order valence-corrected chi connectivity index (χ3v) is 2.69. The SMILES string of the molecule is Oc1ccccc1-c1ccnc2cccnc12. The quantitative estimate of drug-likeness (QED) is 0.688. The van der Waals surface area contributed by atoms with Gasteiger partial charge in [-0.3, -0.25) is 9.97 Å². The van der Waals surface area contributed by atoms with E-state index in [0.29, 0.717) is 0 Å². The van der Waals surface area contributed by atoms with Crippen LogP contribution in [0.2, 0.25) is 0 Å². The second kappa shape index (κ2) is 3.87. The number of hydrogen-bond acceptors (Lipinski definition) is 3. The monoisotopic (exact) mass is 222 g/mol. The summed E-state index contributed by atoms with van der Waals surface area (Å²) in [5.74, 6) is 0.255. The lowest BCUT2D eigenvalue weighted by atomic mass is 10.0. The largest absolute Gasteiger partial charge is 0.507 e. The Kier molecular flexibility index (Phi) is 2.22. The molecule has 0 radical (unpaired) electrons. The van der Waals surface area contributed by atoms with E-state index < -0.39 is 0 Å². The Morgan fingerprint density at radius 2 is 1.65 bits per heavy atom. The summed E-state index contributed by atoms with van der Waals surface area (Å²) in [5, 5.41) is 9.88. The summed E-state index contributed by atoms with van der Waals surface area (Å²) in [4.78, 5) is 8.58. The van der Waals surface area contributed by atoms with Crippen molar-refractivity contribution < 1.29 is 5.11 Å². The molecule has 1 N–H and O–H groups in total. The molecular weight excluding hydrogens is 212 g/mol. The number of rotatable bonds is 1. The van der Waals surface area contributed by atoms with Gasteiger partial charge < -0.3 is 5.11 Å². The van der Waals surface area contributed by atoms with Gasteiger partial charge in [0.2, 0.25) is 0 Å². The first kappa shape index (κ1) is 9.78. The van der Waals surface area contributed by atoms with Gasteiger partial charge in [0.25, 0.3) is 0 Å². The lowest BCUT2D eigenvalue weighted by Crippen LogP contribution is -1.87. The van der Waals surface area contributed by atoms with E-state index in [4.69, 9.17) is 0 Å². The van der Waals surface area contributed by atoms with Gasteiger partial charge in [0.1, 0.15) is 5.75 Å². The Hall–Kier alpha value is -2.42. The Labute approximate surface area is 98.4 Å². The molecule has 3 nitrogen and oxygen atoms in total. The maximum Gasteiger partial charge on any atom is 0.123 e. The second-order valence-electron chi connectivity index (χ2n) is 3.75. The van der Waals surface area contributed by atoms with Crippen LogP contribution in [-0.2, 0) is 0 Å². The predicted octanol–water partition coefficient (Wildman–Crippen LogP) is 3.00. The topological polar surface area (TPSA) is 46.0 Å². The highest BCUT2D eigenvalue weighted by Crippen LogP contribution is 2.32. The maximum atomic E-state index is 9.88. The summed E-state index contributed by atoms with van der Waals surface area (Å²) in [7, 11) is 0. The van der Waals surface area contributed by atoms with E-state index in [-0.39, 0.29) is 5.75 Å². The number of pyridine rings is 2. The van der Waals surface area contributed by atoms with Gasteiger partial charge in [0, 0.05) is 23.5 Å². The van der Waals surface area contributed by atoms with Crippen LogP contribution in [-0.4, -0.2) is 15.1 Å². The number of fused-ring (bicyclic) bond motifs is 1. The number of aromatic nitrogens is 2. The molecule has 1 aromatic carbocycles. The summed E-state index contributed by atoms with van der Waals surface area (Å²) >= 11 is 0. The van der Waals surface area contributed by atoms with Crippen LogP contribution in [0.15, 0.2) is 54.9 Å². The standard InChI is InChI=1S/C14H10N2O/c17-13-6-2-1-4-10(13)11-7-9-15-12-5-3-8-16-14(11)12/h1-9,17H. The molecule has 3 heteroatoms. The third-order valence-electron chi connectivity index (χ3n) is 2.69. The lowest BCUT2D eigenvalue weighted by molar-refractivity contribution is 0.477. The molecule has 82 valence electrons. The van der Waals surface area contributed by atoms with Crippen LogP contribution in [0.3, 0.4) is 0 Å². The van der Waals surface area contributed by atoms with Gasteiger partial charge in [0.05, 0.1) is 11.0 Å². The Balaban J connectivity index is 2.35. The maximum absolute atomic E-state index is 9.88. The molecule has 0 aliphatic carbocycles. The minimum absolute atomic E-state index is 0.255. The van der Waals surface area contributed by atoms with E-state index in [2.05, 4.69) is 9.97 Å². The van der Waals surface area contributed by atoms with E-state index in [0.717, 1.165) is 22.2 Å². The molecule has 0 unspecified atom stereocenters. The first-order valence-electron chi connectivity index (χ1n) is 5.34. The highest BCUT2D eigenvalue weighted by Gasteiger charge is 2.08. The van der Waals surface area contributed by atoms with Crippen molar-refractivity contribution in [1.29, 1.82) is 0 Å². The Morgan fingerprint density at radius 1 is 0.765 bits per heavy atom. The molecular formula is C14H10N2O. The van der Waals surface area contributed by atoms with Crippen molar-refractivity contribution in [3.05, 3.63) is 54.9 Å². The summed E-state index contributed by atoms with van der Waals surface area (Å²) in [5.41, 5.74) is 3.30. The van der Waals surface area contributed by atoms with Gasteiger partial charge in [-0.05, 0) is 24.3 Å². The summed E-state index contributed by atoms with van der Waals surface area (Å²) in [6.07, 6.45) is 3.46. The molecule has 2 heterocycles. The number of para-hydroxylation sites is 1. The molecule has 0 amide bonds. The molecule has 0 aliphatic heterocycles. The number of aromatic hydroxyl groups is 1. The first-order valence-corrected chi connectivity index (χ1v) is 5.34. The van der Waals surface area contributed by atoms with E-state index in [1.165, 1.54) is 0 Å². The zero-order chi connectivity index (χ0) is 11.7. The number of phenolic OH excluding ortho intramolecular Hbond substituents is 1. The number of hydrogen-bond donors (Lipinski definition) is 1. The summed E-state index contributed by atoms with van der Waals surface area (Å²) in [6, 6.07) is 12.9. The van der Waals surface area contributed by atoms with Crippen LogP contribution in [0.1, 0.15) is 0 Å². The van der Waals surface area contributed by atoms with Crippen molar-refractivity contribution in [1.82, 2.24) is 9.97 Å². The molecule has 0 fully saturated rings. The summed E-state index contributed by atoms with van der Waals surface area (Å²) in [6.45, 7) is 0. The lowest BCUT2D eigenvalue weighted by Gasteiger charge is -2.06. The van der Waals surface area contributed by atoms with Crippen LogP contribution in [0.25, 0.3) is 22.2 Å². The number of phenols is 1. The fraction of sp³-hybridized carbons (Fsp3) is 0. The van der Waals surface area contributed by atoms with Crippen molar-refractivity contribution in [2.45, 2.75) is 0 Å². The van der Waals surface area contributed by atoms with E-state index in [9.17, 15) is 5.11 Å². The van der Waals surface area contributed by atoms with E-state index in [1.807, 2.05) is 30.3 Å². The third kappa shape index (κ3) is 1.61. The fourth-order valence-electron chi connectivity index (χ4n) is 1.90. The van der Waals surface area contributed by atoms with Crippen LogP contribution >= 0.6 is 0 Å². The molecule has 3 rings (SSSR count). The van der Waals surface area contributed by atoms with E-state index >= 15 is 0 Å². The fourth-order valence-corrected chi connectivity index (χ4v) is 1.90. The van der Waals surface area contributed by atoms with Gasteiger partial charge in [-0.15, -0.1) is 0 Å². The average molecular weight is 222 g/mol.